The third-order valence-corrected chi connectivity index (χ3v) is 3.11. The summed E-state index contributed by atoms with van der Waals surface area (Å²) in [4.78, 5) is 10.3. The predicted octanol–water partition coefficient (Wildman–Crippen LogP) is 3.23. The van der Waals surface area contributed by atoms with Crippen LogP contribution >= 0.6 is 0 Å². The van der Waals surface area contributed by atoms with Gasteiger partial charge in [-0.2, -0.15) is 0 Å². The zero-order valence-electron chi connectivity index (χ0n) is 10.6. The Balaban J connectivity index is 2.46. The summed E-state index contributed by atoms with van der Waals surface area (Å²) in [5.74, 6) is -1.96. The lowest BCUT2D eigenvalue weighted by molar-refractivity contribution is -0.384. The molecule has 0 heterocycles. The largest absolute Gasteiger partial charge is 0.320 e. The Morgan fingerprint density at radius 2 is 1.85 bits per heavy atom. The summed E-state index contributed by atoms with van der Waals surface area (Å²) in [6.07, 6.45) is 0. The molecule has 0 aliphatic heterocycles. The fourth-order valence-electron chi connectivity index (χ4n) is 1.96. The van der Waals surface area contributed by atoms with Gasteiger partial charge in [-0.1, -0.05) is 12.1 Å². The van der Waals surface area contributed by atoms with Gasteiger partial charge in [0.15, 0.2) is 11.6 Å². The van der Waals surface area contributed by atoms with E-state index in [-0.39, 0.29) is 5.69 Å². The van der Waals surface area contributed by atoms with Gasteiger partial charge < -0.3 is 5.73 Å². The number of hydrogen-bond donors (Lipinski definition) is 1. The Morgan fingerprint density at radius 1 is 1.15 bits per heavy atom. The number of benzene rings is 2. The van der Waals surface area contributed by atoms with Crippen molar-refractivity contribution in [3.63, 3.8) is 0 Å². The molecule has 0 aromatic heterocycles. The van der Waals surface area contributed by atoms with Crippen LogP contribution in [-0.4, -0.2) is 4.92 Å². The first kappa shape index (κ1) is 14.1. The van der Waals surface area contributed by atoms with E-state index >= 15 is 0 Å². The van der Waals surface area contributed by atoms with Crippen LogP contribution in [0, 0.1) is 28.7 Å². The van der Waals surface area contributed by atoms with Crippen molar-refractivity contribution in [3.05, 3.63) is 74.8 Å². The average molecular weight is 278 g/mol. The zero-order valence-corrected chi connectivity index (χ0v) is 10.6. The van der Waals surface area contributed by atoms with E-state index in [1.807, 2.05) is 0 Å². The molecule has 0 aliphatic carbocycles. The van der Waals surface area contributed by atoms with Crippen LogP contribution in [-0.2, 0) is 0 Å². The van der Waals surface area contributed by atoms with E-state index < -0.39 is 22.6 Å². The molecular weight excluding hydrogens is 266 g/mol. The molecule has 6 heteroatoms. The van der Waals surface area contributed by atoms with E-state index in [0.717, 1.165) is 17.7 Å². The monoisotopic (exact) mass is 278 g/mol. The molecule has 2 rings (SSSR count). The molecule has 0 fully saturated rings. The van der Waals surface area contributed by atoms with Crippen LogP contribution in [0.2, 0.25) is 0 Å². The first-order valence-electron chi connectivity index (χ1n) is 5.85. The average Bonchev–Trinajstić information content (AvgIpc) is 2.41. The van der Waals surface area contributed by atoms with Crippen molar-refractivity contribution < 1.29 is 13.7 Å². The summed E-state index contributed by atoms with van der Waals surface area (Å²) in [7, 11) is 0. The highest BCUT2D eigenvalue weighted by Gasteiger charge is 2.17. The number of nitro benzene ring substituents is 1. The van der Waals surface area contributed by atoms with Crippen LogP contribution in [0.25, 0.3) is 0 Å². The Labute approximate surface area is 114 Å². The number of aryl methyl sites for hydroxylation is 1. The summed E-state index contributed by atoms with van der Waals surface area (Å²) in [6.45, 7) is 1.75. The van der Waals surface area contributed by atoms with Crippen LogP contribution < -0.4 is 5.73 Å². The molecule has 2 aromatic rings. The minimum Gasteiger partial charge on any atom is -0.320 e. The van der Waals surface area contributed by atoms with Gasteiger partial charge in [0.05, 0.1) is 11.0 Å². The quantitative estimate of drug-likeness (QED) is 0.692. The normalized spacial score (nSPS) is 12.2. The number of nitro groups is 1. The molecule has 1 unspecified atom stereocenters. The molecule has 1 atom stereocenters. The van der Waals surface area contributed by atoms with Crippen molar-refractivity contribution in [1.82, 2.24) is 0 Å². The summed E-state index contributed by atoms with van der Waals surface area (Å²) < 4.78 is 26.1. The molecule has 0 spiro atoms. The SMILES string of the molecule is Cc1ccc([N+](=O)[O-])cc1C(N)c1ccc(F)c(F)c1. The second-order valence-electron chi connectivity index (χ2n) is 4.45. The second kappa shape index (κ2) is 5.34. The highest BCUT2D eigenvalue weighted by atomic mass is 19.2. The van der Waals surface area contributed by atoms with Crippen molar-refractivity contribution in [2.75, 3.05) is 0 Å². The van der Waals surface area contributed by atoms with Gasteiger partial charge >= 0.3 is 0 Å². The first-order valence-corrected chi connectivity index (χ1v) is 5.85. The molecular formula is C14H12F2N2O2. The Hall–Kier alpha value is -2.34. The molecule has 0 radical (unpaired) electrons. The number of non-ortho nitro benzene ring substituents is 1. The minimum absolute atomic E-state index is 0.0939. The lowest BCUT2D eigenvalue weighted by atomic mass is 9.95. The van der Waals surface area contributed by atoms with E-state index in [4.69, 9.17) is 5.73 Å². The lowest BCUT2D eigenvalue weighted by Crippen LogP contribution is -2.14. The van der Waals surface area contributed by atoms with Crippen molar-refractivity contribution in [1.29, 1.82) is 0 Å². The standard InChI is InChI=1S/C14H12F2N2O2/c1-8-2-4-10(18(19)20)7-11(8)14(17)9-3-5-12(15)13(16)6-9/h2-7,14H,17H2,1H3. The molecule has 0 saturated heterocycles. The third-order valence-electron chi connectivity index (χ3n) is 3.11. The van der Waals surface area contributed by atoms with E-state index in [0.29, 0.717) is 11.1 Å². The molecule has 2 aromatic carbocycles. The van der Waals surface area contributed by atoms with Crippen molar-refractivity contribution in [2.24, 2.45) is 5.73 Å². The molecule has 4 nitrogen and oxygen atoms in total. The van der Waals surface area contributed by atoms with Gasteiger partial charge in [0.2, 0.25) is 0 Å². The van der Waals surface area contributed by atoms with Gasteiger partial charge in [0.25, 0.3) is 5.69 Å². The molecule has 0 bridgehead atoms. The molecule has 0 aliphatic rings. The van der Waals surface area contributed by atoms with Gasteiger partial charge in [0.1, 0.15) is 0 Å². The maximum absolute atomic E-state index is 13.2. The van der Waals surface area contributed by atoms with Crippen LogP contribution in [0.4, 0.5) is 14.5 Å². The fraction of sp³-hybridized carbons (Fsp3) is 0.143. The van der Waals surface area contributed by atoms with E-state index in [1.54, 1.807) is 13.0 Å². The van der Waals surface area contributed by atoms with Crippen LogP contribution in [0.15, 0.2) is 36.4 Å². The Bertz CT molecular complexity index is 674. The summed E-state index contributed by atoms with van der Waals surface area (Å²) >= 11 is 0. The minimum atomic E-state index is -0.999. The number of hydrogen-bond acceptors (Lipinski definition) is 3. The Morgan fingerprint density at radius 3 is 2.45 bits per heavy atom. The van der Waals surface area contributed by atoms with Gasteiger partial charge in [0, 0.05) is 12.1 Å². The third kappa shape index (κ3) is 2.65. The lowest BCUT2D eigenvalue weighted by Gasteiger charge is -2.15. The highest BCUT2D eigenvalue weighted by Crippen LogP contribution is 2.27. The predicted molar refractivity (Wildman–Crippen MR) is 70.2 cm³/mol. The fourth-order valence-corrected chi connectivity index (χ4v) is 1.96. The van der Waals surface area contributed by atoms with Crippen molar-refractivity contribution in [3.8, 4) is 0 Å². The number of rotatable bonds is 3. The smallest absolute Gasteiger partial charge is 0.269 e. The summed E-state index contributed by atoms with van der Waals surface area (Å²) in [5.41, 5.74) is 7.50. The van der Waals surface area contributed by atoms with Crippen LogP contribution in [0.3, 0.4) is 0 Å². The topological polar surface area (TPSA) is 69.2 Å². The maximum Gasteiger partial charge on any atom is 0.269 e. The number of nitrogens with two attached hydrogens (primary N) is 1. The molecule has 0 saturated carbocycles. The Kier molecular flexibility index (Phi) is 3.76. The first-order chi connectivity index (χ1) is 9.40. The van der Waals surface area contributed by atoms with E-state index in [2.05, 4.69) is 0 Å². The number of nitrogens with zero attached hydrogens (tertiary/aromatic N) is 1. The summed E-state index contributed by atoms with van der Waals surface area (Å²) in [6, 6.07) is 6.88. The van der Waals surface area contributed by atoms with Crippen molar-refractivity contribution >= 4 is 5.69 Å². The molecule has 104 valence electrons. The van der Waals surface area contributed by atoms with Crippen LogP contribution in [0.1, 0.15) is 22.7 Å². The van der Waals surface area contributed by atoms with Gasteiger partial charge in [-0.15, -0.1) is 0 Å². The number of halogens is 2. The zero-order chi connectivity index (χ0) is 14.9. The van der Waals surface area contributed by atoms with Gasteiger partial charge in [-0.05, 0) is 35.7 Å². The van der Waals surface area contributed by atoms with Crippen LogP contribution in [0.5, 0.6) is 0 Å². The second-order valence-corrected chi connectivity index (χ2v) is 4.45. The van der Waals surface area contributed by atoms with Crippen molar-refractivity contribution in [2.45, 2.75) is 13.0 Å². The van der Waals surface area contributed by atoms with Gasteiger partial charge in [-0.3, -0.25) is 10.1 Å². The molecule has 20 heavy (non-hydrogen) atoms. The molecule has 2 N–H and O–H groups in total. The molecule has 0 amide bonds. The highest BCUT2D eigenvalue weighted by molar-refractivity contribution is 5.44. The maximum atomic E-state index is 13.2. The van der Waals surface area contributed by atoms with E-state index in [1.165, 1.54) is 18.2 Å². The van der Waals surface area contributed by atoms with Gasteiger partial charge in [-0.25, -0.2) is 8.78 Å². The van der Waals surface area contributed by atoms with E-state index in [9.17, 15) is 18.9 Å². The summed E-state index contributed by atoms with van der Waals surface area (Å²) in [5, 5.41) is 10.8.